The van der Waals surface area contributed by atoms with Crippen LogP contribution in [0.15, 0.2) is 42.7 Å². The summed E-state index contributed by atoms with van der Waals surface area (Å²) in [6, 6.07) is 11.3. The second-order valence-electron chi connectivity index (χ2n) is 5.76. The average molecular weight is 462 g/mol. The number of halogens is 1. The van der Waals surface area contributed by atoms with Crippen molar-refractivity contribution in [3.05, 3.63) is 63.2 Å². The molecule has 1 aromatic carbocycles. The Morgan fingerprint density at radius 2 is 1.96 bits per heavy atom. The van der Waals surface area contributed by atoms with Crippen molar-refractivity contribution in [3.63, 3.8) is 0 Å². The standard InChI is InChI=1S/C18H19IN6O/c1-12-9-13(2)25(24-12)17-10-16(22-11-23-17)20-7-8-21-18(26)14-5-3-4-6-15(14)19/h3-6,9-11H,7-8H2,1-2H3,(H,21,26)(H,20,22,23). The Morgan fingerprint density at radius 3 is 2.69 bits per heavy atom. The van der Waals surface area contributed by atoms with Gasteiger partial charge < -0.3 is 10.6 Å². The van der Waals surface area contributed by atoms with Crippen LogP contribution in [0.4, 0.5) is 5.82 Å². The number of nitrogens with zero attached hydrogens (tertiary/aromatic N) is 4. The van der Waals surface area contributed by atoms with Gasteiger partial charge in [0.1, 0.15) is 12.1 Å². The number of aromatic nitrogens is 4. The van der Waals surface area contributed by atoms with E-state index in [9.17, 15) is 4.79 Å². The molecule has 0 aliphatic carbocycles. The molecule has 0 aliphatic rings. The Labute approximate surface area is 165 Å². The lowest BCUT2D eigenvalue weighted by Gasteiger charge is -2.09. The number of amides is 1. The van der Waals surface area contributed by atoms with Crippen LogP contribution in [-0.2, 0) is 0 Å². The third-order valence-corrected chi connectivity index (χ3v) is 4.66. The molecular weight excluding hydrogens is 443 g/mol. The highest BCUT2D eigenvalue weighted by molar-refractivity contribution is 14.1. The summed E-state index contributed by atoms with van der Waals surface area (Å²) in [5, 5.41) is 10.5. The Balaban J connectivity index is 1.56. The maximum absolute atomic E-state index is 12.2. The normalized spacial score (nSPS) is 10.6. The second kappa shape index (κ2) is 8.26. The van der Waals surface area contributed by atoms with E-state index in [2.05, 4.69) is 48.3 Å². The fourth-order valence-electron chi connectivity index (χ4n) is 2.53. The summed E-state index contributed by atoms with van der Waals surface area (Å²) in [5.41, 5.74) is 2.63. The number of rotatable bonds is 6. The van der Waals surface area contributed by atoms with Crippen molar-refractivity contribution >= 4 is 34.3 Å². The SMILES string of the molecule is Cc1cc(C)n(-c2cc(NCCNC(=O)c3ccccc3I)ncn2)n1. The summed E-state index contributed by atoms with van der Waals surface area (Å²) < 4.78 is 2.71. The first-order valence-electron chi connectivity index (χ1n) is 8.17. The molecule has 134 valence electrons. The molecule has 0 fully saturated rings. The van der Waals surface area contributed by atoms with Crippen LogP contribution in [-0.4, -0.2) is 38.7 Å². The lowest BCUT2D eigenvalue weighted by molar-refractivity contribution is 0.0954. The minimum atomic E-state index is -0.0807. The molecule has 0 radical (unpaired) electrons. The Kier molecular flexibility index (Phi) is 5.82. The number of aryl methyl sites for hydroxylation is 2. The molecule has 0 aliphatic heterocycles. The van der Waals surface area contributed by atoms with E-state index in [0.717, 1.165) is 15.0 Å². The van der Waals surface area contributed by atoms with E-state index in [1.54, 1.807) is 4.68 Å². The lowest BCUT2D eigenvalue weighted by Crippen LogP contribution is -2.29. The summed E-state index contributed by atoms with van der Waals surface area (Å²) >= 11 is 2.16. The number of nitrogens with one attached hydrogen (secondary N) is 2. The van der Waals surface area contributed by atoms with E-state index in [1.807, 2.05) is 50.2 Å². The summed E-state index contributed by atoms with van der Waals surface area (Å²) in [5.74, 6) is 1.31. The molecule has 0 bridgehead atoms. The van der Waals surface area contributed by atoms with Crippen LogP contribution in [0.3, 0.4) is 0 Å². The van der Waals surface area contributed by atoms with Crippen molar-refractivity contribution in [1.29, 1.82) is 0 Å². The minimum absolute atomic E-state index is 0.0807. The highest BCUT2D eigenvalue weighted by atomic mass is 127. The molecule has 2 N–H and O–H groups in total. The number of carbonyl (C=O) groups is 1. The van der Waals surface area contributed by atoms with Crippen LogP contribution < -0.4 is 10.6 Å². The average Bonchev–Trinajstić information content (AvgIpc) is 2.97. The van der Waals surface area contributed by atoms with E-state index in [-0.39, 0.29) is 5.91 Å². The van der Waals surface area contributed by atoms with Crippen LogP contribution in [0.1, 0.15) is 21.7 Å². The Morgan fingerprint density at radius 1 is 1.15 bits per heavy atom. The lowest BCUT2D eigenvalue weighted by atomic mass is 10.2. The first-order valence-corrected chi connectivity index (χ1v) is 9.25. The van der Waals surface area contributed by atoms with Gasteiger partial charge in [-0.2, -0.15) is 5.10 Å². The highest BCUT2D eigenvalue weighted by Gasteiger charge is 2.09. The molecule has 3 rings (SSSR count). The van der Waals surface area contributed by atoms with Gasteiger partial charge >= 0.3 is 0 Å². The van der Waals surface area contributed by atoms with Gasteiger partial charge in [-0.15, -0.1) is 0 Å². The van der Waals surface area contributed by atoms with Crippen molar-refractivity contribution in [3.8, 4) is 5.82 Å². The fraction of sp³-hybridized carbons (Fsp3) is 0.222. The van der Waals surface area contributed by atoms with Crippen molar-refractivity contribution in [2.45, 2.75) is 13.8 Å². The summed E-state index contributed by atoms with van der Waals surface area (Å²) in [6.07, 6.45) is 1.50. The van der Waals surface area contributed by atoms with Crippen LogP contribution in [0.5, 0.6) is 0 Å². The smallest absolute Gasteiger partial charge is 0.252 e. The second-order valence-corrected chi connectivity index (χ2v) is 6.93. The van der Waals surface area contributed by atoms with Crippen molar-refractivity contribution in [2.24, 2.45) is 0 Å². The van der Waals surface area contributed by atoms with Crippen LogP contribution in [0.2, 0.25) is 0 Å². The van der Waals surface area contributed by atoms with E-state index in [0.29, 0.717) is 30.3 Å². The monoisotopic (exact) mass is 462 g/mol. The third-order valence-electron chi connectivity index (χ3n) is 3.71. The molecule has 3 aromatic rings. The number of anilines is 1. The van der Waals surface area contributed by atoms with Gasteiger partial charge in [0, 0.05) is 28.4 Å². The maximum atomic E-state index is 12.2. The molecule has 26 heavy (non-hydrogen) atoms. The molecule has 0 unspecified atom stereocenters. The zero-order valence-corrected chi connectivity index (χ0v) is 16.7. The summed E-state index contributed by atoms with van der Waals surface area (Å²) in [6.45, 7) is 4.97. The zero-order valence-electron chi connectivity index (χ0n) is 14.5. The van der Waals surface area contributed by atoms with Gasteiger partial charge in [-0.25, -0.2) is 14.6 Å². The van der Waals surface area contributed by atoms with Gasteiger partial charge in [0.15, 0.2) is 5.82 Å². The number of benzene rings is 1. The molecule has 7 nitrogen and oxygen atoms in total. The van der Waals surface area contributed by atoms with Gasteiger partial charge in [-0.05, 0) is 54.6 Å². The van der Waals surface area contributed by atoms with E-state index < -0.39 is 0 Å². The predicted octanol–water partition coefficient (Wildman–Crippen LogP) is 2.73. The topological polar surface area (TPSA) is 84.7 Å². The quantitative estimate of drug-likeness (QED) is 0.435. The summed E-state index contributed by atoms with van der Waals surface area (Å²) in [4.78, 5) is 20.7. The summed E-state index contributed by atoms with van der Waals surface area (Å²) in [7, 11) is 0. The fourth-order valence-corrected chi connectivity index (χ4v) is 3.16. The number of hydrogen-bond donors (Lipinski definition) is 2. The Hall–Kier alpha value is -2.49. The third kappa shape index (κ3) is 4.37. The van der Waals surface area contributed by atoms with Crippen molar-refractivity contribution in [1.82, 2.24) is 25.1 Å². The maximum Gasteiger partial charge on any atom is 0.252 e. The van der Waals surface area contributed by atoms with E-state index in [4.69, 9.17) is 0 Å². The van der Waals surface area contributed by atoms with Crippen molar-refractivity contribution in [2.75, 3.05) is 18.4 Å². The molecule has 2 heterocycles. The Bertz CT molecular complexity index is 924. The molecule has 8 heteroatoms. The van der Waals surface area contributed by atoms with Crippen molar-refractivity contribution < 1.29 is 4.79 Å². The molecular formula is C18H19IN6O. The largest absolute Gasteiger partial charge is 0.368 e. The molecule has 0 saturated heterocycles. The first-order chi connectivity index (χ1) is 12.5. The molecule has 1 amide bonds. The van der Waals surface area contributed by atoms with E-state index >= 15 is 0 Å². The van der Waals surface area contributed by atoms with Gasteiger partial charge in [0.2, 0.25) is 0 Å². The number of carbonyl (C=O) groups excluding carboxylic acids is 1. The van der Waals surface area contributed by atoms with E-state index in [1.165, 1.54) is 6.33 Å². The first kappa shape index (κ1) is 18.3. The predicted molar refractivity (Wildman–Crippen MR) is 109 cm³/mol. The molecule has 0 atom stereocenters. The van der Waals surface area contributed by atoms with Crippen LogP contribution in [0.25, 0.3) is 5.82 Å². The van der Waals surface area contributed by atoms with Crippen LogP contribution in [0, 0.1) is 17.4 Å². The molecule has 0 spiro atoms. The zero-order chi connectivity index (χ0) is 18.5. The van der Waals surface area contributed by atoms with Crippen LogP contribution >= 0.6 is 22.6 Å². The molecule has 2 aromatic heterocycles. The van der Waals surface area contributed by atoms with Gasteiger partial charge in [-0.1, -0.05) is 12.1 Å². The number of hydrogen-bond acceptors (Lipinski definition) is 5. The van der Waals surface area contributed by atoms with Gasteiger partial charge in [-0.3, -0.25) is 4.79 Å². The minimum Gasteiger partial charge on any atom is -0.368 e. The van der Waals surface area contributed by atoms with Gasteiger partial charge in [0.25, 0.3) is 5.91 Å². The molecule has 0 saturated carbocycles. The van der Waals surface area contributed by atoms with Gasteiger partial charge in [0.05, 0.1) is 11.3 Å². The highest BCUT2D eigenvalue weighted by Crippen LogP contribution is 2.12.